The Bertz CT molecular complexity index is 674. The monoisotopic (exact) mass is 392 g/mol. The van der Waals surface area contributed by atoms with E-state index in [1.54, 1.807) is 0 Å². The fraction of sp³-hybridized carbons (Fsp3) is 0.500. The number of quaternary nitrogens is 2. The molecule has 0 aromatic heterocycles. The molecule has 0 amide bonds. The molecule has 10 heteroatoms. The van der Waals surface area contributed by atoms with Crippen molar-refractivity contribution in [2.24, 2.45) is 0 Å². The molecule has 0 aliphatic heterocycles. The van der Waals surface area contributed by atoms with E-state index in [0.29, 0.717) is 18.2 Å². The molecular formula is C16H28N2O7S. The maximum Gasteiger partial charge on any atom is 0.294 e. The van der Waals surface area contributed by atoms with E-state index in [0.717, 1.165) is 8.97 Å². The van der Waals surface area contributed by atoms with Gasteiger partial charge in [0.05, 0.1) is 73.2 Å². The standard InChI is InChI=1S/C8H6O7S.2C4H12N/c9-7(10)4-1-5(8(11)12)3-6(2-4)16(13,14)15;2*1-5(2,3)4/h1-3H,(H,9,10)(H,11,12)(H,13,14,15);2*1-4H3/q;2*+1/p-2. The van der Waals surface area contributed by atoms with Gasteiger partial charge < -0.3 is 28.8 Å². The van der Waals surface area contributed by atoms with E-state index in [9.17, 15) is 28.2 Å². The molecule has 0 heterocycles. The molecule has 0 aliphatic carbocycles. The maximum atomic E-state index is 10.7. The first kappa shape index (κ1) is 26.2. The lowest BCUT2D eigenvalue weighted by Gasteiger charge is -2.14. The highest BCUT2D eigenvalue weighted by molar-refractivity contribution is 7.85. The van der Waals surface area contributed by atoms with Crippen LogP contribution in [0.3, 0.4) is 0 Å². The summed E-state index contributed by atoms with van der Waals surface area (Å²) >= 11 is 0. The minimum Gasteiger partial charge on any atom is -0.545 e. The highest BCUT2D eigenvalue weighted by Crippen LogP contribution is 2.14. The average Bonchev–Trinajstić information content (AvgIpc) is 2.32. The summed E-state index contributed by atoms with van der Waals surface area (Å²) in [6, 6.07) is 1.83. The molecule has 0 unspecified atom stereocenters. The SMILES string of the molecule is C[N+](C)(C)C.C[N+](C)(C)C.O=C([O-])c1cc(C(=O)[O-])cc(S(=O)(=O)O)c1. The van der Waals surface area contributed by atoms with Gasteiger partial charge in [0.25, 0.3) is 10.1 Å². The largest absolute Gasteiger partial charge is 0.545 e. The van der Waals surface area contributed by atoms with Crippen molar-refractivity contribution in [1.82, 2.24) is 0 Å². The number of carbonyl (C=O) groups excluding carboxylic acids is 2. The van der Waals surface area contributed by atoms with E-state index >= 15 is 0 Å². The summed E-state index contributed by atoms with van der Waals surface area (Å²) in [5, 5.41) is 20.9. The van der Waals surface area contributed by atoms with Crippen LogP contribution in [0.25, 0.3) is 0 Å². The van der Waals surface area contributed by atoms with Crippen LogP contribution in [-0.2, 0) is 10.1 Å². The summed E-state index contributed by atoms with van der Waals surface area (Å²) in [4.78, 5) is 20.1. The first-order chi connectivity index (χ1) is 11.2. The third kappa shape index (κ3) is 16.8. The normalized spacial score (nSPS) is 11.4. The van der Waals surface area contributed by atoms with Crippen LogP contribution < -0.4 is 10.2 Å². The number of aromatic carboxylic acids is 2. The number of hydrogen-bond acceptors (Lipinski definition) is 6. The molecule has 1 aromatic rings. The Morgan fingerprint density at radius 3 is 1.15 bits per heavy atom. The van der Waals surface area contributed by atoms with Crippen molar-refractivity contribution in [2.75, 3.05) is 56.4 Å². The van der Waals surface area contributed by atoms with Gasteiger partial charge in [0.2, 0.25) is 0 Å². The van der Waals surface area contributed by atoms with Crippen LogP contribution in [0, 0.1) is 0 Å². The van der Waals surface area contributed by atoms with Crippen LogP contribution in [0.5, 0.6) is 0 Å². The zero-order chi connectivity index (χ0) is 21.5. The zero-order valence-corrected chi connectivity index (χ0v) is 17.2. The summed E-state index contributed by atoms with van der Waals surface area (Å²) in [6.45, 7) is 0. The number of carboxylic acids is 2. The van der Waals surface area contributed by atoms with Crippen molar-refractivity contribution in [3.8, 4) is 0 Å². The molecule has 150 valence electrons. The minimum atomic E-state index is -4.70. The predicted octanol–water partition coefficient (Wildman–Crippen LogP) is -1.69. The average molecular weight is 392 g/mol. The molecular weight excluding hydrogens is 364 g/mol. The van der Waals surface area contributed by atoms with E-state index in [1.165, 1.54) is 0 Å². The fourth-order valence-electron chi connectivity index (χ4n) is 0.984. The van der Waals surface area contributed by atoms with Gasteiger partial charge in [-0.1, -0.05) is 0 Å². The van der Waals surface area contributed by atoms with Gasteiger partial charge in [-0.05, 0) is 29.3 Å². The molecule has 0 bridgehead atoms. The van der Waals surface area contributed by atoms with Gasteiger partial charge in [-0.15, -0.1) is 0 Å². The van der Waals surface area contributed by atoms with E-state index < -0.39 is 38.1 Å². The van der Waals surface area contributed by atoms with E-state index in [2.05, 4.69) is 56.4 Å². The molecule has 0 radical (unpaired) electrons. The molecule has 9 nitrogen and oxygen atoms in total. The third-order valence-corrected chi connectivity index (χ3v) is 2.51. The van der Waals surface area contributed by atoms with E-state index in [-0.39, 0.29) is 0 Å². The molecule has 1 N–H and O–H groups in total. The van der Waals surface area contributed by atoms with Gasteiger partial charge >= 0.3 is 0 Å². The first-order valence-electron chi connectivity index (χ1n) is 7.35. The minimum absolute atomic E-state index is 0.580. The summed E-state index contributed by atoms with van der Waals surface area (Å²) in [5.41, 5.74) is -1.37. The Balaban J connectivity index is 0. The lowest BCUT2D eigenvalue weighted by atomic mass is 10.1. The van der Waals surface area contributed by atoms with Crippen LogP contribution >= 0.6 is 0 Å². The van der Waals surface area contributed by atoms with Gasteiger partial charge in [0.15, 0.2) is 0 Å². The van der Waals surface area contributed by atoms with Crippen molar-refractivity contribution in [2.45, 2.75) is 4.90 Å². The van der Waals surface area contributed by atoms with Gasteiger partial charge in [0, 0.05) is 0 Å². The Morgan fingerprint density at radius 2 is 1.00 bits per heavy atom. The zero-order valence-electron chi connectivity index (χ0n) is 16.4. The Morgan fingerprint density at radius 1 is 0.769 bits per heavy atom. The quantitative estimate of drug-likeness (QED) is 0.479. The van der Waals surface area contributed by atoms with Gasteiger partial charge in [-0.25, -0.2) is 0 Å². The molecule has 1 aromatic carbocycles. The van der Waals surface area contributed by atoms with E-state index in [1.807, 2.05) is 0 Å². The third-order valence-electron chi connectivity index (χ3n) is 1.68. The maximum absolute atomic E-state index is 10.7. The number of hydrogen-bond donors (Lipinski definition) is 1. The lowest BCUT2D eigenvalue weighted by molar-refractivity contribution is -0.849. The number of nitrogens with zero attached hydrogens (tertiary/aromatic N) is 2. The summed E-state index contributed by atoms with van der Waals surface area (Å²) in [7, 11) is 12.3. The molecule has 0 atom stereocenters. The number of benzene rings is 1. The van der Waals surface area contributed by atoms with Crippen molar-refractivity contribution in [3.05, 3.63) is 29.3 Å². The van der Waals surface area contributed by atoms with Crippen LogP contribution in [0.4, 0.5) is 0 Å². The second-order valence-electron chi connectivity index (χ2n) is 8.16. The van der Waals surface area contributed by atoms with Crippen LogP contribution in [0.15, 0.2) is 23.1 Å². The fourth-order valence-corrected chi connectivity index (χ4v) is 1.54. The number of carbonyl (C=O) groups is 2. The highest BCUT2D eigenvalue weighted by atomic mass is 32.2. The molecule has 0 aliphatic rings. The predicted molar refractivity (Wildman–Crippen MR) is 92.8 cm³/mol. The second-order valence-corrected chi connectivity index (χ2v) is 9.58. The first-order valence-corrected chi connectivity index (χ1v) is 8.79. The summed E-state index contributed by atoms with van der Waals surface area (Å²) in [6.07, 6.45) is 0. The van der Waals surface area contributed by atoms with Crippen molar-refractivity contribution in [1.29, 1.82) is 0 Å². The Kier molecular flexibility index (Phi) is 9.70. The molecule has 26 heavy (non-hydrogen) atoms. The summed E-state index contributed by atoms with van der Waals surface area (Å²) < 4.78 is 32.1. The van der Waals surface area contributed by atoms with E-state index in [4.69, 9.17) is 4.55 Å². The number of carboxylic acid groups (broad SMARTS) is 2. The Hall–Kier alpha value is -2.01. The molecule has 0 spiro atoms. The summed E-state index contributed by atoms with van der Waals surface area (Å²) in [5.74, 6) is -3.54. The Labute approximate surface area is 155 Å². The molecule has 0 fully saturated rings. The highest BCUT2D eigenvalue weighted by Gasteiger charge is 2.13. The van der Waals surface area contributed by atoms with Crippen molar-refractivity contribution >= 4 is 22.1 Å². The molecule has 0 saturated heterocycles. The number of rotatable bonds is 3. The van der Waals surface area contributed by atoms with Gasteiger partial charge in [0.1, 0.15) is 0 Å². The van der Waals surface area contributed by atoms with Crippen LogP contribution in [0.2, 0.25) is 0 Å². The van der Waals surface area contributed by atoms with Crippen molar-refractivity contribution in [3.63, 3.8) is 0 Å². The molecule has 1 rings (SSSR count). The smallest absolute Gasteiger partial charge is 0.294 e. The van der Waals surface area contributed by atoms with Gasteiger partial charge in [-0.2, -0.15) is 8.42 Å². The van der Waals surface area contributed by atoms with Crippen LogP contribution in [0.1, 0.15) is 20.7 Å². The topological polar surface area (TPSA) is 135 Å². The van der Waals surface area contributed by atoms with Crippen molar-refractivity contribution < 1.29 is 41.7 Å². The van der Waals surface area contributed by atoms with Gasteiger partial charge in [-0.3, -0.25) is 4.55 Å². The second kappa shape index (κ2) is 9.62. The lowest BCUT2D eigenvalue weighted by Crippen LogP contribution is -2.27. The molecule has 0 saturated carbocycles. The van der Waals surface area contributed by atoms with Crippen LogP contribution in [-0.4, -0.2) is 90.3 Å².